The van der Waals surface area contributed by atoms with E-state index in [9.17, 15) is 9.59 Å². The molecule has 2 N–H and O–H groups in total. The van der Waals surface area contributed by atoms with E-state index in [4.69, 9.17) is 5.11 Å². The van der Waals surface area contributed by atoms with E-state index in [1.54, 1.807) is 35.1 Å². The van der Waals surface area contributed by atoms with Crippen LogP contribution in [0.1, 0.15) is 18.4 Å². The Morgan fingerprint density at radius 3 is 2.71 bits per heavy atom. The highest BCUT2D eigenvalue weighted by Gasteiger charge is 2.26. The fourth-order valence-corrected chi connectivity index (χ4v) is 3.45. The van der Waals surface area contributed by atoms with Gasteiger partial charge in [-0.15, -0.1) is 15.3 Å². The van der Waals surface area contributed by atoms with Crippen molar-refractivity contribution in [1.29, 1.82) is 0 Å². The molecule has 1 aliphatic rings. The Balaban J connectivity index is 1.38. The van der Waals surface area contributed by atoms with Crippen LogP contribution in [-0.4, -0.2) is 49.9 Å². The summed E-state index contributed by atoms with van der Waals surface area (Å²) in [5.41, 5.74) is 1.86. The molecule has 0 bridgehead atoms. The number of nitrogens with one attached hydrogen (secondary N) is 1. The van der Waals surface area contributed by atoms with E-state index in [2.05, 4.69) is 25.5 Å². The zero-order valence-corrected chi connectivity index (χ0v) is 15.2. The number of carbonyl (C=O) groups is 2. The maximum Gasteiger partial charge on any atom is 0.307 e. The van der Waals surface area contributed by atoms with Gasteiger partial charge >= 0.3 is 5.97 Å². The summed E-state index contributed by atoms with van der Waals surface area (Å²) in [4.78, 5) is 25.8. The standard InChI is InChI=1S/C19H20N6O3/c26-18(27)11-14-3-1-2-4-15(14)21-19(28)13-7-9-24(10-8-13)17-6-5-16-22-20-12-25(16)23-17/h1-6,12-13H,7-11H2,(H,21,28)(H,26,27). The van der Waals surface area contributed by atoms with Crippen LogP contribution < -0.4 is 10.2 Å². The van der Waals surface area contributed by atoms with E-state index in [1.165, 1.54) is 0 Å². The molecule has 3 aromatic rings. The van der Waals surface area contributed by atoms with Gasteiger partial charge in [0.2, 0.25) is 5.91 Å². The van der Waals surface area contributed by atoms with Gasteiger partial charge in [0.1, 0.15) is 12.1 Å². The number of aliphatic carboxylic acids is 1. The van der Waals surface area contributed by atoms with Crippen molar-refractivity contribution in [1.82, 2.24) is 19.8 Å². The third kappa shape index (κ3) is 3.78. The van der Waals surface area contributed by atoms with Crippen molar-refractivity contribution in [3.63, 3.8) is 0 Å². The molecular formula is C19H20N6O3. The highest BCUT2D eigenvalue weighted by Crippen LogP contribution is 2.24. The Bertz CT molecular complexity index is 1010. The number of amides is 1. The average molecular weight is 380 g/mol. The van der Waals surface area contributed by atoms with Crippen LogP contribution in [0.4, 0.5) is 11.5 Å². The Morgan fingerprint density at radius 2 is 1.93 bits per heavy atom. The third-order valence-electron chi connectivity index (χ3n) is 4.95. The molecule has 1 saturated heterocycles. The minimum atomic E-state index is -0.924. The molecular weight excluding hydrogens is 360 g/mol. The summed E-state index contributed by atoms with van der Waals surface area (Å²) in [5.74, 6) is -0.280. The molecule has 0 unspecified atom stereocenters. The van der Waals surface area contributed by atoms with Crippen molar-refractivity contribution < 1.29 is 14.7 Å². The molecule has 28 heavy (non-hydrogen) atoms. The molecule has 1 aliphatic heterocycles. The number of piperidine rings is 1. The molecule has 1 aromatic carbocycles. The number of fused-ring (bicyclic) bond motifs is 1. The SMILES string of the molecule is O=C(O)Cc1ccccc1NC(=O)C1CCN(c2ccc3nncn3n2)CC1. The van der Waals surface area contributed by atoms with Crippen molar-refractivity contribution >= 4 is 29.0 Å². The summed E-state index contributed by atoms with van der Waals surface area (Å²) in [6.07, 6.45) is 2.85. The van der Waals surface area contributed by atoms with Gasteiger partial charge in [0, 0.05) is 24.7 Å². The molecule has 0 aliphatic carbocycles. The summed E-state index contributed by atoms with van der Waals surface area (Å²) in [6, 6.07) is 10.8. The number of benzene rings is 1. The lowest BCUT2D eigenvalue weighted by atomic mass is 9.95. The van der Waals surface area contributed by atoms with Gasteiger partial charge in [0.05, 0.1) is 6.42 Å². The maximum absolute atomic E-state index is 12.7. The number of hydrogen-bond donors (Lipinski definition) is 2. The first-order chi connectivity index (χ1) is 13.6. The van der Waals surface area contributed by atoms with Crippen LogP contribution in [0.15, 0.2) is 42.7 Å². The molecule has 0 spiro atoms. The maximum atomic E-state index is 12.7. The highest BCUT2D eigenvalue weighted by molar-refractivity contribution is 5.94. The van der Waals surface area contributed by atoms with E-state index < -0.39 is 5.97 Å². The number of hydrogen-bond acceptors (Lipinski definition) is 6. The number of anilines is 2. The van der Waals surface area contributed by atoms with Crippen molar-refractivity contribution in [2.45, 2.75) is 19.3 Å². The molecule has 9 nitrogen and oxygen atoms in total. The zero-order valence-electron chi connectivity index (χ0n) is 15.2. The van der Waals surface area contributed by atoms with Crippen molar-refractivity contribution in [3.05, 3.63) is 48.3 Å². The molecule has 4 rings (SSSR count). The number of aromatic nitrogens is 4. The smallest absolute Gasteiger partial charge is 0.307 e. The first-order valence-corrected chi connectivity index (χ1v) is 9.13. The van der Waals surface area contributed by atoms with Crippen LogP contribution in [0.25, 0.3) is 5.65 Å². The second-order valence-corrected chi connectivity index (χ2v) is 6.80. The van der Waals surface area contributed by atoms with Crippen LogP contribution >= 0.6 is 0 Å². The van der Waals surface area contributed by atoms with Crippen molar-refractivity contribution in [2.24, 2.45) is 5.92 Å². The van der Waals surface area contributed by atoms with Crippen LogP contribution in [0.2, 0.25) is 0 Å². The predicted octanol–water partition coefficient (Wildman–Crippen LogP) is 1.61. The molecule has 144 valence electrons. The predicted molar refractivity (Wildman–Crippen MR) is 102 cm³/mol. The lowest BCUT2D eigenvalue weighted by molar-refractivity contribution is -0.136. The molecule has 1 fully saturated rings. The summed E-state index contributed by atoms with van der Waals surface area (Å²) >= 11 is 0. The Kier molecular flexibility index (Phi) is 4.88. The molecule has 0 radical (unpaired) electrons. The third-order valence-corrected chi connectivity index (χ3v) is 4.95. The monoisotopic (exact) mass is 380 g/mol. The molecule has 0 saturated carbocycles. The molecule has 0 atom stereocenters. The number of carboxylic acids is 1. The van der Waals surface area contributed by atoms with Gasteiger partial charge in [-0.3, -0.25) is 9.59 Å². The normalized spacial score (nSPS) is 14.9. The molecule has 1 amide bonds. The van der Waals surface area contributed by atoms with E-state index >= 15 is 0 Å². The summed E-state index contributed by atoms with van der Waals surface area (Å²) in [6.45, 7) is 1.44. The van der Waals surface area contributed by atoms with Crippen LogP contribution in [-0.2, 0) is 16.0 Å². The largest absolute Gasteiger partial charge is 0.481 e. The molecule has 9 heteroatoms. The number of para-hydroxylation sites is 1. The number of nitrogens with zero attached hydrogens (tertiary/aromatic N) is 5. The van der Waals surface area contributed by atoms with E-state index in [0.29, 0.717) is 29.7 Å². The van der Waals surface area contributed by atoms with E-state index in [0.717, 1.165) is 18.9 Å². The second kappa shape index (κ2) is 7.63. The lowest BCUT2D eigenvalue weighted by Gasteiger charge is -2.32. The topological polar surface area (TPSA) is 113 Å². The second-order valence-electron chi connectivity index (χ2n) is 6.80. The fraction of sp³-hybridized carbons (Fsp3) is 0.316. The number of carboxylic acid groups (broad SMARTS) is 1. The molecule has 3 heterocycles. The first kappa shape index (κ1) is 17.9. The van der Waals surface area contributed by atoms with Crippen LogP contribution in [0, 0.1) is 5.92 Å². The highest BCUT2D eigenvalue weighted by atomic mass is 16.4. The summed E-state index contributed by atoms with van der Waals surface area (Å²) < 4.78 is 1.63. The number of carbonyl (C=O) groups excluding carboxylic acids is 1. The van der Waals surface area contributed by atoms with Crippen LogP contribution in [0.5, 0.6) is 0 Å². The number of rotatable bonds is 5. The van der Waals surface area contributed by atoms with Gasteiger partial charge in [-0.05, 0) is 36.6 Å². The zero-order chi connectivity index (χ0) is 19.5. The molecule has 2 aromatic heterocycles. The Morgan fingerprint density at radius 1 is 1.14 bits per heavy atom. The lowest BCUT2D eigenvalue weighted by Crippen LogP contribution is -2.38. The fourth-order valence-electron chi connectivity index (χ4n) is 3.45. The van der Waals surface area contributed by atoms with Gasteiger partial charge in [-0.25, -0.2) is 0 Å². The van der Waals surface area contributed by atoms with Crippen LogP contribution in [0.3, 0.4) is 0 Å². The minimum absolute atomic E-state index is 0.0697. The Labute approximate surface area is 161 Å². The Hall–Kier alpha value is -3.49. The van der Waals surface area contributed by atoms with Gasteiger partial charge in [0.15, 0.2) is 5.65 Å². The van der Waals surface area contributed by atoms with E-state index in [-0.39, 0.29) is 18.2 Å². The summed E-state index contributed by atoms with van der Waals surface area (Å²) in [5, 5.41) is 24.2. The summed E-state index contributed by atoms with van der Waals surface area (Å²) in [7, 11) is 0. The van der Waals surface area contributed by atoms with Crippen molar-refractivity contribution in [2.75, 3.05) is 23.3 Å². The van der Waals surface area contributed by atoms with Gasteiger partial charge in [0.25, 0.3) is 0 Å². The first-order valence-electron chi connectivity index (χ1n) is 9.13. The average Bonchev–Trinajstić information content (AvgIpc) is 3.17. The van der Waals surface area contributed by atoms with E-state index in [1.807, 2.05) is 12.1 Å². The van der Waals surface area contributed by atoms with Gasteiger partial charge in [-0.1, -0.05) is 18.2 Å². The quantitative estimate of drug-likeness (QED) is 0.691. The van der Waals surface area contributed by atoms with Gasteiger partial charge in [-0.2, -0.15) is 4.52 Å². The van der Waals surface area contributed by atoms with Gasteiger partial charge < -0.3 is 15.3 Å². The minimum Gasteiger partial charge on any atom is -0.481 e. The van der Waals surface area contributed by atoms with Crippen molar-refractivity contribution in [3.8, 4) is 0 Å².